The summed E-state index contributed by atoms with van der Waals surface area (Å²) < 4.78 is 16.0. The third-order valence-corrected chi connectivity index (χ3v) is 4.05. The number of hydrogen-bond donors (Lipinski definition) is 4. The maximum atomic E-state index is 11.9. The molecule has 0 bridgehead atoms. The number of aliphatic hydroxyl groups excluding tert-OH is 3. The molecule has 0 aromatic heterocycles. The van der Waals surface area contributed by atoms with E-state index in [9.17, 15) is 24.9 Å². The van der Waals surface area contributed by atoms with Crippen molar-refractivity contribution in [1.29, 1.82) is 0 Å². The maximum absolute atomic E-state index is 11.9. The van der Waals surface area contributed by atoms with Crippen molar-refractivity contribution in [3.05, 3.63) is 29.8 Å². The van der Waals surface area contributed by atoms with Crippen LogP contribution in [-0.4, -0.2) is 68.7 Å². The van der Waals surface area contributed by atoms with Gasteiger partial charge in [0, 0.05) is 6.42 Å². The topological polar surface area (TPSA) is 143 Å². The average Bonchev–Trinajstić information content (AvgIpc) is 2.59. The quantitative estimate of drug-likeness (QED) is 0.495. The Morgan fingerprint density at radius 1 is 1.07 bits per heavy atom. The molecule has 28 heavy (non-hydrogen) atoms. The van der Waals surface area contributed by atoms with E-state index in [-0.39, 0.29) is 24.6 Å². The Kier molecular flexibility index (Phi) is 7.00. The van der Waals surface area contributed by atoms with Gasteiger partial charge in [0.2, 0.25) is 6.29 Å². The van der Waals surface area contributed by atoms with E-state index in [1.807, 2.05) is 0 Å². The van der Waals surface area contributed by atoms with Crippen LogP contribution in [0.1, 0.15) is 32.8 Å². The second kappa shape index (κ2) is 8.87. The number of ether oxygens (including phenoxy) is 3. The number of rotatable bonds is 6. The van der Waals surface area contributed by atoms with E-state index in [2.05, 4.69) is 0 Å². The number of carbonyl (C=O) groups is 2. The van der Waals surface area contributed by atoms with E-state index in [0.717, 1.165) is 0 Å². The molecular weight excluding hydrogens is 372 g/mol. The third kappa shape index (κ3) is 5.65. The fourth-order valence-electron chi connectivity index (χ4n) is 2.73. The molecule has 1 aliphatic rings. The van der Waals surface area contributed by atoms with Crippen LogP contribution in [0.2, 0.25) is 0 Å². The second-order valence-electron chi connectivity index (χ2n) is 7.55. The largest absolute Gasteiger partial charge is 0.479 e. The second-order valence-corrected chi connectivity index (χ2v) is 7.55. The molecule has 1 aromatic carbocycles. The lowest BCUT2D eigenvalue weighted by molar-refractivity contribution is -0.271. The van der Waals surface area contributed by atoms with Crippen LogP contribution in [0.25, 0.3) is 0 Å². The number of esters is 1. The van der Waals surface area contributed by atoms with Gasteiger partial charge in [0.25, 0.3) is 0 Å². The monoisotopic (exact) mass is 398 g/mol. The molecule has 9 heteroatoms. The zero-order valence-corrected chi connectivity index (χ0v) is 15.9. The van der Waals surface area contributed by atoms with Crippen LogP contribution in [-0.2, 0) is 25.5 Å². The summed E-state index contributed by atoms with van der Waals surface area (Å²) in [5.41, 5.74) is 0.00678. The first-order chi connectivity index (χ1) is 13.0. The minimum absolute atomic E-state index is 0.0881. The number of carboxylic acids is 1. The van der Waals surface area contributed by atoms with Crippen LogP contribution in [0, 0.1) is 0 Å². The van der Waals surface area contributed by atoms with Gasteiger partial charge in [-0.05, 0) is 38.8 Å². The fourth-order valence-corrected chi connectivity index (χ4v) is 2.73. The Hall–Kier alpha value is -2.20. The molecule has 0 radical (unpaired) electrons. The summed E-state index contributed by atoms with van der Waals surface area (Å²) in [6.07, 6.45) is -8.11. The van der Waals surface area contributed by atoms with Crippen molar-refractivity contribution < 1.29 is 44.2 Å². The fraction of sp³-hybridized carbons (Fsp3) is 0.579. The van der Waals surface area contributed by atoms with E-state index in [1.54, 1.807) is 45.0 Å². The van der Waals surface area contributed by atoms with Gasteiger partial charge >= 0.3 is 11.9 Å². The standard InChI is InChI=1S/C19H26O9/c1-19(2,3)28-12(20)9-8-10-6-4-5-7-11(10)26-18-15(23)13(21)14(22)16(27-18)17(24)25/h4-7,13-16,18,21-23H,8-9H2,1-3H3,(H,24,25). The van der Waals surface area contributed by atoms with Gasteiger partial charge in [-0.15, -0.1) is 0 Å². The van der Waals surface area contributed by atoms with Gasteiger partial charge in [-0.3, -0.25) is 4.79 Å². The van der Waals surface area contributed by atoms with Crippen molar-refractivity contribution in [2.45, 2.75) is 69.9 Å². The van der Waals surface area contributed by atoms with Crippen LogP contribution in [0.15, 0.2) is 24.3 Å². The zero-order valence-electron chi connectivity index (χ0n) is 15.9. The predicted molar refractivity (Wildman–Crippen MR) is 95.6 cm³/mol. The molecule has 0 spiro atoms. The maximum Gasteiger partial charge on any atom is 0.335 e. The van der Waals surface area contributed by atoms with Crippen molar-refractivity contribution in [2.75, 3.05) is 0 Å². The van der Waals surface area contributed by atoms with Gasteiger partial charge in [-0.2, -0.15) is 0 Å². The zero-order chi connectivity index (χ0) is 21.1. The molecule has 9 nitrogen and oxygen atoms in total. The molecule has 5 atom stereocenters. The van der Waals surface area contributed by atoms with Crippen LogP contribution >= 0.6 is 0 Å². The number of carboxylic acid groups (broad SMARTS) is 1. The molecule has 4 N–H and O–H groups in total. The van der Waals surface area contributed by atoms with Gasteiger partial charge in [-0.25, -0.2) is 4.79 Å². The van der Waals surface area contributed by atoms with Crippen LogP contribution in [0.5, 0.6) is 5.75 Å². The number of benzene rings is 1. The molecular formula is C19H26O9. The van der Waals surface area contributed by atoms with Gasteiger partial charge in [-0.1, -0.05) is 18.2 Å². The highest BCUT2D eigenvalue weighted by Gasteiger charge is 2.48. The first-order valence-electron chi connectivity index (χ1n) is 8.88. The highest BCUT2D eigenvalue weighted by molar-refractivity contribution is 5.73. The first-order valence-corrected chi connectivity index (χ1v) is 8.88. The van der Waals surface area contributed by atoms with Crippen LogP contribution in [0.4, 0.5) is 0 Å². The Labute approximate surface area is 162 Å². The van der Waals surface area contributed by atoms with Gasteiger partial charge < -0.3 is 34.6 Å². The van der Waals surface area contributed by atoms with Crippen LogP contribution < -0.4 is 4.74 Å². The van der Waals surface area contributed by atoms with Crippen molar-refractivity contribution >= 4 is 11.9 Å². The van der Waals surface area contributed by atoms with Gasteiger partial charge in [0.05, 0.1) is 0 Å². The Morgan fingerprint density at radius 3 is 2.32 bits per heavy atom. The lowest BCUT2D eigenvalue weighted by atomic mass is 9.99. The summed E-state index contributed by atoms with van der Waals surface area (Å²) in [6, 6.07) is 6.65. The molecule has 0 amide bonds. The number of hydrogen-bond acceptors (Lipinski definition) is 8. The number of aryl methyl sites for hydroxylation is 1. The van der Waals surface area contributed by atoms with E-state index < -0.39 is 42.3 Å². The highest BCUT2D eigenvalue weighted by atomic mass is 16.7. The lowest BCUT2D eigenvalue weighted by Crippen LogP contribution is -2.61. The van der Waals surface area contributed by atoms with Gasteiger partial charge in [0.1, 0.15) is 29.7 Å². The predicted octanol–water partition coefficient (Wildman–Crippen LogP) is 0.232. The molecule has 1 aromatic rings. The highest BCUT2D eigenvalue weighted by Crippen LogP contribution is 2.27. The Morgan fingerprint density at radius 2 is 1.71 bits per heavy atom. The lowest BCUT2D eigenvalue weighted by Gasteiger charge is -2.38. The summed E-state index contributed by atoms with van der Waals surface area (Å²) >= 11 is 0. The molecule has 0 saturated carbocycles. The molecule has 2 rings (SSSR count). The van der Waals surface area contributed by atoms with Crippen molar-refractivity contribution in [3.63, 3.8) is 0 Å². The van der Waals surface area contributed by atoms with E-state index in [1.165, 1.54) is 0 Å². The summed E-state index contributed by atoms with van der Waals surface area (Å²) in [7, 11) is 0. The van der Waals surface area contributed by atoms with E-state index >= 15 is 0 Å². The average molecular weight is 398 g/mol. The van der Waals surface area contributed by atoms with Crippen molar-refractivity contribution in [1.82, 2.24) is 0 Å². The third-order valence-electron chi connectivity index (χ3n) is 4.05. The summed E-state index contributed by atoms with van der Waals surface area (Å²) in [6.45, 7) is 5.30. The smallest absolute Gasteiger partial charge is 0.335 e. The normalized spacial score (nSPS) is 27.9. The molecule has 1 heterocycles. The van der Waals surface area contributed by atoms with E-state index in [4.69, 9.17) is 19.3 Å². The number of carbonyl (C=O) groups excluding carboxylic acids is 1. The van der Waals surface area contributed by atoms with Crippen molar-refractivity contribution in [3.8, 4) is 5.75 Å². The SMILES string of the molecule is CC(C)(C)OC(=O)CCc1ccccc1OC1OC(C(=O)O)C(O)C(O)C1O. The molecule has 0 aliphatic carbocycles. The van der Waals surface area contributed by atoms with E-state index in [0.29, 0.717) is 5.56 Å². The molecule has 1 saturated heterocycles. The summed E-state index contributed by atoms with van der Waals surface area (Å²) in [4.78, 5) is 23.1. The molecule has 1 aliphatic heterocycles. The van der Waals surface area contributed by atoms with Crippen LogP contribution in [0.3, 0.4) is 0 Å². The number of aliphatic hydroxyl groups is 3. The Balaban J connectivity index is 2.09. The minimum atomic E-state index is -1.80. The van der Waals surface area contributed by atoms with Crippen molar-refractivity contribution in [2.24, 2.45) is 0 Å². The number of aliphatic carboxylic acids is 1. The van der Waals surface area contributed by atoms with Gasteiger partial charge in [0.15, 0.2) is 6.10 Å². The molecule has 156 valence electrons. The molecule has 5 unspecified atom stereocenters. The Bertz CT molecular complexity index is 697. The molecule has 1 fully saturated rings. The minimum Gasteiger partial charge on any atom is -0.479 e. The number of para-hydroxylation sites is 1. The summed E-state index contributed by atoms with van der Waals surface area (Å²) in [5.74, 6) is -1.63. The first kappa shape index (κ1) is 22.1. The summed E-state index contributed by atoms with van der Waals surface area (Å²) in [5, 5.41) is 38.8.